The molecule has 0 atom stereocenters. The van der Waals surface area contributed by atoms with Crippen LogP contribution in [0.2, 0.25) is 0 Å². The van der Waals surface area contributed by atoms with E-state index in [4.69, 9.17) is 12.2 Å². The fraction of sp³-hybridized carbons (Fsp3) is 0.800. The Labute approximate surface area is 138 Å². The Bertz CT molecular complexity index is 365. The van der Waals surface area contributed by atoms with Crippen LogP contribution < -0.4 is 0 Å². The van der Waals surface area contributed by atoms with Crippen molar-refractivity contribution in [3.05, 3.63) is 20.7 Å². The number of thioether (sulfide) groups is 1. The average Bonchev–Trinajstić information content (AvgIpc) is 2.45. The maximum Gasteiger partial charge on any atom is 0.256 e. The first-order valence-electron chi connectivity index (χ1n) is 7.84. The second kappa shape index (κ2) is 12.0. The van der Waals surface area contributed by atoms with Gasteiger partial charge in [-0.15, -0.1) is 0 Å². The molecule has 0 aliphatic carbocycles. The van der Waals surface area contributed by atoms with Gasteiger partial charge in [-0.05, 0) is 25.7 Å². The third kappa shape index (κ3) is 7.81. The van der Waals surface area contributed by atoms with Crippen molar-refractivity contribution < 1.29 is 4.92 Å². The molecule has 21 heavy (non-hydrogen) atoms. The Balaban J connectivity index is 5.06. The van der Waals surface area contributed by atoms with E-state index < -0.39 is 0 Å². The van der Waals surface area contributed by atoms with Crippen molar-refractivity contribution >= 4 is 28.3 Å². The Morgan fingerprint density at radius 1 is 1.14 bits per heavy atom. The van der Waals surface area contributed by atoms with Crippen LogP contribution >= 0.6 is 24.0 Å². The van der Waals surface area contributed by atoms with Gasteiger partial charge in [0, 0.05) is 19.5 Å². The SMILES string of the molecule is CCCC/C(=C(\CC)SC(=S)N(CCC)CCC)[N+](=O)[O-]. The summed E-state index contributed by atoms with van der Waals surface area (Å²) in [4.78, 5) is 14.0. The van der Waals surface area contributed by atoms with Gasteiger partial charge in [-0.2, -0.15) is 0 Å². The van der Waals surface area contributed by atoms with Crippen LogP contribution in [0, 0.1) is 10.1 Å². The standard InChI is InChI=1S/C15H28N2O2S2/c1-5-9-10-13(17(18)19)14(8-4)21-15(20)16(11-6-2)12-7-3/h5-12H2,1-4H3/b14-13-. The van der Waals surface area contributed by atoms with E-state index in [0.717, 1.165) is 48.0 Å². The van der Waals surface area contributed by atoms with Gasteiger partial charge in [-0.25, -0.2) is 0 Å². The number of hydrogen-bond donors (Lipinski definition) is 0. The predicted octanol–water partition coefficient (Wildman–Crippen LogP) is 5.22. The van der Waals surface area contributed by atoms with E-state index in [1.54, 1.807) is 0 Å². The van der Waals surface area contributed by atoms with Gasteiger partial charge < -0.3 is 4.90 Å². The van der Waals surface area contributed by atoms with Gasteiger partial charge in [0.05, 0.1) is 9.83 Å². The van der Waals surface area contributed by atoms with Gasteiger partial charge in [-0.3, -0.25) is 10.1 Å². The molecule has 0 unspecified atom stereocenters. The zero-order valence-corrected chi connectivity index (χ0v) is 15.3. The van der Waals surface area contributed by atoms with Crippen molar-refractivity contribution in [3.63, 3.8) is 0 Å². The molecule has 0 amide bonds. The third-order valence-electron chi connectivity index (χ3n) is 3.09. The lowest BCUT2D eigenvalue weighted by Gasteiger charge is -2.24. The Morgan fingerprint density at radius 2 is 1.71 bits per heavy atom. The average molecular weight is 333 g/mol. The van der Waals surface area contributed by atoms with Crippen molar-refractivity contribution in [2.45, 2.75) is 66.2 Å². The highest BCUT2D eigenvalue weighted by atomic mass is 32.2. The lowest BCUT2D eigenvalue weighted by atomic mass is 10.2. The van der Waals surface area contributed by atoms with Crippen molar-refractivity contribution in [2.75, 3.05) is 13.1 Å². The van der Waals surface area contributed by atoms with E-state index in [2.05, 4.69) is 18.7 Å². The maximum atomic E-state index is 11.3. The second-order valence-corrected chi connectivity index (χ2v) is 6.67. The molecule has 0 aromatic rings. The van der Waals surface area contributed by atoms with E-state index in [-0.39, 0.29) is 4.92 Å². The molecule has 0 aliphatic rings. The summed E-state index contributed by atoms with van der Waals surface area (Å²) in [6, 6.07) is 0. The molecule has 122 valence electrons. The number of hydrogen-bond acceptors (Lipinski definition) is 4. The largest absolute Gasteiger partial charge is 0.357 e. The summed E-state index contributed by atoms with van der Waals surface area (Å²) in [7, 11) is 0. The minimum absolute atomic E-state index is 0.228. The fourth-order valence-corrected chi connectivity index (χ4v) is 3.46. The summed E-state index contributed by atoms with van der Waals surface area (Å²) >= 11 is 6.91. The van der Waals surface area contributed by atoms with Crippen LogP contribution in [0.5, 0.6) is 0 Å². The number of unbranched alkanes of at least 4 members (excludes halogenated alkanes) is 1. The highest BCUT2D eigenvalue weighted by Crippen LogP contribution is 2.29. The van der Waals surface area contributed by atoms with Crippen LogP contribution in [0.25, 0.3) is 0 Å². The van der Waals surface area contributed by atoms with Gasteiger partial charge in [0.2, 0.25) is 0 Å². The molecule has 0 bridgehead atoms. The molecule has 0 aliphatic heterocycles. The van der Waals surface area contributed by atoms with Crippen LogP contribution in [0.1, 0.15) is 66.2 Å². The molecule has 0 fully saturated rings. The third-order valence-corrected chi connectivity index (χ3v) is 4.80. The van der Waals surface area contributed by atoms with Crippen molar-refractivity contribution in [1.82, 2.24) is 4.90 Å². The molecule has 0 radical (unpaired) electrons. The van der Waals surface area contributed by atoms with Gasteiger partial charge in [0.1, 0.15) is 4.32 Å². The highest BCUT2D eigenvalue weighted by molar-refractivity contribution is 8.25. The molecular weight excluding hydrogens is 304 g/mol. The van der Waals surface area contributed by atoms with Crippen LogP contribution in [0.15, 0.2) is 10.6 Å². The van der Waals surface area contributed by atoms with Gasteiger partial charge in [-0.1, -0.05) is 58.1 Å². The first-order valence-corrected chi connectivity index (χ1v) is 9.07. The molecule has 4 nitrogen and oxygen atoms in total. The Hall–Kier alpha value is -0.620. The van der Waals surface area contributed by atoms with Crippen LogP contribution in [0.4, 0.5) is 0 Å². The molecule has 0 rings (SSSR count). The second-order valence-electron chi connectivity index (χ2n) is 4.94. The lowest BCUT2D eigenvalue weighted by molar-refractivity contribution is -0.428. The summed E-state index contributed by atoms with van der Waals surface area (Å²) in [6.45, 7) is 10.1. The summed E-state index contributed by atoms with van der Waals surface area (Å²) in [5.74, 6) is 0. The Morgan fingerprint density at radius 3 is 2.10 bits per heavy atom. The number of nitrogens with zero attached hydrogens (tertiary/aromatic N) is 2. The lowest BCUT2D eigenvalue weighted by Crippen LogP contribution is -2.29. The molecule has 0 aromatic heterocycles. The van der Waals surface area contributed by atoms with Crippen molar-refractivity contribution in [1.29, 1.82) is 0 Å². The summed E-state index contributed by atoms with van der Waals surface area (Å²) in [5, 5.41) is 11.3. The van der Waals surface area contributed by atoms with Crippen LogP contribution in [-0.4, -0.2) is 27.2 Å². The molecule has 0 aromatic carbocycles. The highest BCUT2D eigenvalue weighted by Gasteiger charge is 2.20. The zero-order chi connectivity index (χ0) is 16.3. The summed E-state index contributed by atoms with van der Waals surface area (Å²) in [5.41, 5.74) is 0.347. The smallest absolute Gasteiger partial charge is 0.256 e. The van der Waals surface area contributed by atoms with Crippen molar-refractivity contribution in [3.8, 4) is 0 Å². The minimum Gasteiger partial charge on any atom is -0.357 e. The molecular formula is C15H28N2O2S2. The molecule has 0 N–H and O–H groups in total. The summed E-state index contributed by atoms with van der Waals surface area (Å²) in [6.07, 6.45) is 5.07. The molecule has 0 saturated carbocycles. The van der Waals surface area contributed by atoms with E-state index >= 15 is 0 Å². The van der Waals surface area contributed by atoms with Crippen LogP contribution in [0.3, 0.4) is 0 Å². The van der Waals surface area contributed by atoms with Crippen molar-refractivity contribution in [2.24, 2.45) is 0 Å². The first-order chi connectivity index (χ1) is 10.0. The van der Waals surface area contributed by atoms with Gasteiger partial charge in [0.25, 0.3) is 5.70 Å². The topological polar surface area (TPSA) is 46.4 Å². The molecule has 6 heteroatoms. The Kier molecular flexibility index (Phi) is 11.6. The number of thiocarbonyl (C=S) groups is 1. The number of rotatable bonds is 10. The molecule has 0 spiro atoms. The fourth-order valence-electron chi connectivity index (χ4n) is 2.02. The van der Waals surface area contributed by atoms with E-state index in [0.29, 0.717) is 18.5 Å². The van der Waals surface area contributed by atoms with Gasteiger partial charge in [0.15, 0.2) is 0 Å². The zero-order valence-electron chi connectivity index (χ0n) is 13.7. The van der Waals surface area contributed by atoms with E-state index in [9.17, 15) is 10.1 Å². The monoisotopic (exact) mass is 332 g/mol. The quantitative estimate of drug-likeness (QED) is 0.312. The molecule has 0 heterocycles. The number of allylic oxidation sites excluding steroid dienone is 2. The minimum atomic E-state index is -0.228. The summed E-state index contributed by atoms with van der Waals surface area (Å²) < 4.78 is 0.770. The van der Waals surface area contributed by atoms with E-state index in [1.165, 1.54) is 11.8 Å². The number of nitro groups is 1. The normalized spacial score (nSPS) is 12.0. The first kappa shape index (κ1) is 20.4. The molecule has 0 saturated heterocycles. The van der Waals surface area contributed by atoms with Crippen LogP contribution in [-0.2, 0) is 0 Å². The maximum absolute atomic E-state index is 11.3. The van der Waals surface area contributed by atoms with Gasteiger partial charge >= 0.3 is 0 Å². The predicted molar refractivity (Wildman–Crippen MR) is 96.2 cm³/mol. The van der Waals surface area contributed by atoms with E-state index in [1.807, 2.05) is 13.8 Å².